The van der Waals surface area contributed by atoms with E-state index >= 15 is 0 Å². The lowest BCUT2D eigenvalue weighted by Gasteiger charge is -2.29. The standard InChI is InChI=1S/C13H20ClN3O/c1-10(9-18)6-11-7-12(14)13(16-8-11)17-4-2-15-3-5-17/h7-8,10,15,18H,2-6,9H2,1H3/t10-/m1/s1. The molecule has 0 amide bonds. The molecular formula is C13H20ClN3O. The molecule has 4 nitrogen and oxygen atoms in total. The summed E-state index contributed by atoms with van der Waals surface area (Å²) in [6.07, 6.45) is 2.68. The number of hydrogen-bond donors (Lipinski definition) is 2. The van der Waals surface area contributed by atoms with Crippen molar-refractivity contribution in [2.75, 3.05) is 37.7 Å². The lowest BCUT2D eigenvalue weighted by molar-refractivity contribution is 0.237. The van der Waals surface area contributed by atoms with Crippen LogP contribution in [0, 0.1) is 5.92 Å². The van der Waals surface area contributed by atoms with E-state index in [1.807, 2.05) is 19.2 Å². The molecule has 18 heavy (non-hydrogen) atoms. The SMILES string of the molecule is C[C@@H](CO)Cc1cnc(N2CCNCC2)c(Cl)c1. The van der Waals surface area contributed by atoms with Gasteiger partial charge in [-0.2, -0.15) is 0 Å². The molecule has 5 heteroatoms. The second-order valence-corrected chi connectivity index (χ2v) is 5.29. The molecule has 1 aromatic heterocycles. The Kier molecular flexibility index (Phi) is 4.80. The number of nitrogens with zero attached hydrogens (tertiary/aromatic N) is 2. The molecule has 1 saturated heterocycles. The van der Waals surface area contributed by atoms with Gasteiger partial charge in [0.25, 0.3) is 0 Å². The zero-order valence-electron chi connectivity index (χ0n) is 10.7. The number of nitrogens with one attached hydrogen (secondary N) is 1. The van der Waals surface area contributed by atoms with Gasteiger partial charge in [-0.3, -0.25) is 0 Å². The molecule has 0 bridgehead atoms. The Bertz CT molecular complexity index is 394. The molecule has 1 aliphatic rings. The lowest BCUT2D eigenvalue weighted by atomic mass is 10.0. The molecule has 1 aromatic rings. The van der Waals surface area contributed by atoms with Gasteiger partial charge in [0, 0.05) is 39.0 Å². The van der Waals surface area contributed by atoms with Gasteiger partial charge in [0.05, 0.1) is 5.02 Å². The molecule has 2 rings (SSSR count). The second kappa shape index (κ2) is 6.36. The summed E-state index contributed by atoms with van der Waals surface area (Å²) in [6, 6.07) is 1.97. The van der Waals surface area contributed by atoms with Crippen molar-refractivity contribution in [3.8, 4) is 0 Å². The quantitative estimate of drug-likeness (QED) is 0.866. The maximum atomic E-state index is 9.06. The Balaban J connectivity index is 2.09. The first kappa shape index (κ1) is 13.6. The minimum Gasteiger partial charge on any atom is -0.396 e. The zero-order valence-corrected chi connectivity index (χ0v) is 11.5. The van der Waals surface area contributed by atoms with Gasteiger partial charge in [0.2, 0.25) is 0 Å². The average Bonchev–Trinajstić information content (AvgIpc) is 2.40. The summed E-state index contributed by atoms with van der Waals surface area (Å²) in [5.41, 5.74) is 1.08. The van der Waals surface area contributed by atoms with Crippen molar-refractivity contribution in [1.29, 1.82) is 0 Å². The molecule has 0 aliphatic carbocycles. The highest BCUT2D eigenvalue weighted by Crippen LogP contribution is 2.25. The number of aromatic nitrogens is 1. The largest absolute Gasteiger partial charge is 0.396 e. The van der Waals surface area contributed by atoms with Gasteiger partial charge in [-0.1, -0.05) is 18.5 Å². The van der Waals surface area contributed by atoms with Crippen LogP contribution in [0.2, 0.25) is 5.02 Å². The zero-order chi connectivity index (χ0) is 13.0. The number of pyridine rings is 1. The number of halogens is 1. The van der Waals surface area contributed by atoms with Crippen LogP contribution < -0.4 is 10.2 Å². The smallest absolute Gasteiger partial charge is 0.147 e. The predicted molar refractivity (Wildman–Crippen MR) is 74.3 cm³/mol. The van der Waals surface area contributed by atoms with Gasteiger partial charge in [-0.05, 0) is 24.0 Å². The van der Waals surface area contributed by atoms with E-state index in [9.17, 15) is 0 Å². The summed E-state index contributed by atoms with van der Waals surface area (Å²) in [5, 5.41) is 13.1. The van der Waals surface area contributed by atoms with Crippen molar-refractivity contribution in [3.63, 3.8) is 0 Å². The maximum absolute atomic E-state index is 9.06. The summed E-state index contributed by atoms with van der Waals surface area (Å²) in [7, 11) is 0. The van der Waals surface area contributed by atoms with Crippen LogP contribution in [0.25, 0.3) is 0 Å². The first-order valence-electron chi connectivity index (χ1n) is 6.41. The Morgan fingerprint density at radius 3 is 2.83 bits per heavy atom. The minimum absolute atomic E-state index is 0.192. The molecule has 2 N–H and O–H groups in total. The average molecular weight is 270 g/mol. The number of anilines is 1. The molecule has 0 radical (unpaired) electrons. The number of rotatable bonds is 4. The van der Waals surface area contributed by atoms with Crippen molar-refractivity contribution >= 4 is 17.4 Å². The van der Waals surface area contributed by atoms with Crippen LogP contribution in [0.4, 0.5) is 5.82 Å². The van der Waals surface area contributed by atoms with Crippen LogP contribution in [-0.4, -0.2) is 42.9 Å². The summed E-state index contributed by atoms with van der Waals surface area (Å²) in [6.45, 7) is 6.04. The van der Waals surface area contributed by atoms with E-state index in [2.05, 4.69) is 15.2 Å². The van der Waals surface area contributed by atoms with Crippen LogP contribution in [0.1, 0.15) is 12.5 Å². The highest BCUT2D eigenvalue weighted by Gasteiger charge is 2.15. The van der Waals surface area contributed by atoms with E-state index in [-0.39, 0.29) is 12.5 Å². The Hall–Kier alpha value is -0.840. The molecule has 1 atom stereocenters. The highest BCUT2D eigenvalue weighted by atomic mass is 35.5. The van der Waals surface area contributed by atoms with E-state index in [1.54, 1.807) is 0 Å². The molecule has 2 heterocycles. The monoisotopic (exact) mass is 269 g/mol. The molecule has 0 spiro atoms. The van der Waals surface area contributed by atoms with Crippen LogP contribution in [-0.2, 0) is 6.42 Å². The number of piperazine rings is 1. The molecule has 0 unspecified atom stereocenters. The van der Waals surface area contributed by atoms with Gasteiger partial charge in [0.1, 0.15) is 5.82 Å². The van der Waals surface area contributed by atoms with Gasteiger partial charge in [0.15, 0.2) is 0 Å². The molecule has 1 aliphatic heterocycles. The topological polar surface area (TPSA) is 48.4 Å². The van der Waals surface area contributed by atoms with Crippen molar-refractivity contribution in [2.45, 2.75) is 13.3 Å². The normalized spacial score (nSPS) is 17.8. The van der Waals surface area contributed by atoms with E-state index < -0.39 is 0 Å². The third-order valence-corrected chi connectivity index (χ3v) is 3.47. The van der Waals surface area contributed by atoms with E-state index in [4.69, 9.17) is 16.7 Å². The fraction of sp³-hybridized carbons (Fsp3) is 0.615. The summed E-state index contributed by atoms with van der Waals surface area (Å²) in [4.78, 5) is 6.68. The van der Waals surface area contributed by atoms with Gasteiger partial charge >= 0.3 is 0 Å². The summed E-state index contributed by atoms with van der Waals surface area (Å²) in [5.74, 6) is 1.12. The van der Waals surface area contributed by atoms with Crippen LogP contribution in [0.5, 0.6) is 0 Å². The Morgan fingerprint density at radius 1 is 1.50 bits per heavy atom. The molecule has 1 fully saturated rings. The van der Waals surface area contributed by atoms with E-state index in [1.165, 1.54) is 0 Å². The summed E-state index contributed by atoms with van der Waals surface area (Å²) < 4.78 is 0. The highest BCUT2D eigenvalue weighted by molar-refractivity contribution is 6.33. The van der Waals surface area contributed by atoms with E-state index in [0.717, 1.165) is 44.0 Å². The first-order chi connectivity index (χ1) is 8.70. The van der Waals surface area contributed by atoms with Crippen LogP contribution >= 0.6 is 11.6 Å². The van der Waals surface area contributed by atoms with Gasteiger partial charge in [-0.15, -0.1) is 0 Å². The lowest BCUT2D eigenvalue weighted by Crippen LogP contribution is -2.44. The molecule has 0 aromatic carbocycles. The fourth-order valence-electron chi connectivity index (χ4n) is 2.16. The van der Waals surface area contributed by atoms with Crippen molar-refractivity contribution in [2.24, 2.45) is 5.92 Å². The van der Waals surface area contributed by atoms with E-state index in [0.29, 0.717) is 5.02 Å². The number of aliphatic hydroxyl groups is 1. The molecular weight excluding hydrogens is 250 g/mol. The third-order valence-electron chi connectivity index (χ3n) is 3.19. The van der Waals surface area contributed by atoms with Crippen LogP contribution in [0.3, 0.4) is 0 Å². The third kappa shape index (κ3) is 3.34. The van der Waals surface area contributed by atoms with Crippen molar-refractivity contribution in [1.82, 2.24) is 10.3 Å². The Morgan fingerprint density at radius 2 is 2.22 bits per heavy atom. The minimum atomic E-state index is 0.192. The maximum Gasteiger partial charge on any atom is 0.147 e. The van der Waals surface area contributed by atoms with Crippen molar-refractivity contribution < 1.29 is 5.11 Å². The van der Waals surface area contributed by atoms with Crippen molar-refractivity contribution in [3.05, 3.63) is 22.8 Å². The first-order valence-corrected chi connectivity index (χ1v) is 6.79. The van der Waals surface area contributed by atoms with Gasteiger partial charge < -0.3 is 15.3 Å². The number of hydrogen-bond acceptors (Lipinski definition) is 4. The Labute approximate surface area is 113 Å². The van der Waals surface area contributed by atoms with Crippen LogP contribution in [0.15, 0.2) is 12.3 Å². The number of aliphatic hydroxyl groups excluding tert-OH is 1. The predicted octanol–water partition coefficient (Wildman–Crippen LogP) is 1.32. The fourth-order valence-corrected chi connectivity index (χ4v) is 2.47. The molecule has 100 valence electrons. The van der Waals surface area contributed by atoms with Gasteiger partial charge in [-0.25, -0.2) is 4.98 Å². The molecule has 0 saturated carbocycles. The summed E-state index contributed by atoms with van der Waals surface area (Å²) >= 11 is 6.30. The second-order valence-electron chi connectivity index (χ2n) is 4.88.